The molecule has 1 aliphatic heterocycles. The molecule has 1 fully saturated rings. The minimum atomic E-state index is -3.56. The van der Waals surface area contributed by atoms with E-state index in [4.69, 9.17) is 14.1 Å². The second kappa shape index (κ2) is 12.1. The Bertz CT molecular complexity index is 1730. The van der Waals surface area contributed by atoms with Crippen molar-refractivity contribution in [2.75, 3.05) is 7.05 Å². The number of halogens is 1. The zero-order valence-electron chi connectivity index (χ0n) is 25.7. The molecule has 230 valence electrons. The van der Waals surface area contributed by atoms with Gasteiger partial charge in [0.2, 0.25) is 15.9 Å². The Morgan fingerprint density at radius 1 is 0.955 bits per heavy atom. The fraction of sp³-hybridized carbons (Fsp3) is 0.303. The van der Waals surface area contributed by atoms with E-state index < -0.39 is 34.2 Å². The molecule has 0 saturated carbocycles. The molecule has 0 radical (unpaired) electrons. The Morgan fingerprint density at radius 3 is 2.20 bits per heavy atom. The standard InChI is InChI=1S/C33H36BFN2O6S/c1-21-28(17-22-9-14-26(15-10-22)44(39,40)36-6)27-16-13-25(35)18-30(27)29(21)19-31(38)37-41-20-23-7-11-24(12-8-23)34-42-32(2,3)33(4,5)43-34/h7-18,36H,19-20H2,1-6H3,(H,37,38)/b28-17+. The van der Waals surface area contributed by atoms with Crippen LogP contribution in [0.4, 0.5) is 4.39 Å². The van der Waals surface area contributed by atoms with Gasteiger partial charge in [-0.05, 0) is 116 Å². The smallest absolute Gasteiger partial charge is 0.399 e. The predicted molar refractivity (Wildman–Crippen MR) is 169 cm³/mol. The van der Waals surface area contributed by atoms with Crippen LogP contribution in [0.1, 0.15) is 63.3 Å². The van der Waals surface area contributed by atoms with Crippen molar-refractivity contribution < 1.29 is 31.7 Å². The molecule has 0 spiro atoms. The summed E-state index contributed by atoms with van der Waals surface area (Å²) in [6.45, 7) is 10.1. The quantitative estimate of drug-likeness (QED) is 0.259. The number of allylic oxidation sites excluding steroid dienone is 2. The van der Waals surface area contributed by atoms with E-state index in [1.165, 1.54) is 31.3 Å². The molecule has 1 saturated heterocycles. The van der Waals surface area contributed by atoms with E-state index in [0.717, 1.165) is 33.3 Å². The Labute approximate surface area is 258 Å². The Kier molecular flexibility index (Phi) is 8.72. The highest BCUT2D eigenvalue weighted by Gasteiger charge is 2.51. The van der Waals surface area contributed by atoms with Gasteiger partial charge in [-0.2, -0.15) is 0 Å². The number of hydrogen-bond acceptors (Lipinski definition) is 6. The van der Waals surface area contributed by atoms with Gasteiger partial charge in [-0.1, -0.05) is 42.5 Å². The number of carbonyl (C=O) groups is 1. The van der Waals surface area contributed by atoms with Gasteiger partial charge < -0.3 is 9.31 Å². The minimum absolute atomic E-state index is 0.0140. The van der Waals surface area contributed by atoms with Crippen molar-refractivity contribution in [3.8, 4) is 0 Å². The highest BCUT2D eigenvalue weighted by Crippen LogP contribution is 2.44. The lowest BCUT2D eigenvalue weighted by atomic mass is 9.79. The monoisotopic (exact) mass is 618 g/mol. The fourth-order valence-corrected chi connectivity index (χ4v) is 5.89. The molecule has 1 amide bonds. The highest BCUT2D eigenvalue weighted by atomic mass is 32.2. The number of sulfonamides is 1. The van der Waals surface area contributed by atoms with Gasteiger partial charge in [-0.25, -0.2) is 23.0 Å². The van der Waals surface area contributed by atoms with Crippen LogP contribution in [-0.2, 0) is 35.6 Å². The molecule has 1 heterocycles. The third-order valence-corrected chi connectivity index (χ3v) is 9.92. The topological polar surface area (TPSA) is 103 Å². The zero-order valence-corrected chi connectivity index (χ0v) is 26.5. The van der Waals surface area contributed by atoms with E-state index >= 15 is 0 Å². The molecule has 0 atom stereocenters. The maximum absolute atomic E-state index is 14.3. The molecule has 3 aromatic rings. The van der Waals surface area contributed by atoms with Crippen molar-refractivity contribution in [1.29, 1.82) is 0 Å². The van der Waals surface area contributed by atoms with Gasteiger partial charge in [-0.3, -0.25) is 9.63 Å². The number of hydroxylamine groups is 1. The first-order chi connectivity index (χ1) is 20.7. The summed E-state index contributed by atoms with van der Waals surface area (Å²) in [5, 5.41) is 0. The minimum Gasteiger partial charge on any atom is -0.399 e. The number of benzene rings is 3. The number of amides is 1. The first kappa shape index (κ1) is 31.8. The fourth-order valence-electron chi connectivity index (χ4n) is 5.16. The number of hydrogen-bond donors (Lipinski definition) is 2. The average Bonchev–Trinajstić information content (AvgIpc) is 3.35. The second-order valence-electron chi connectivity index (χ2n) is 11.9. The van der Waals surface area contributed by atoms with Crippen LogP contribution in [0.25, 0.3) is 17.2 Å². The Morgan fingerprint density at radius 2 is 1.59 bits per heavy atom. The summed E-state index contributed by atoms with van der Waals surface area (Å²) in [6, 6.07) is 18.6. The number of rotatable bonds is 9. The summed E-state index contributed by atoms with van der Waals surface area (Å²) in [4.78, 5) is 18.6. The summed E-state index contributed by atoms with van der Waals surface area (Å²) in [7, 11) is -2.66. The first-order valence-corrected chi connectivity index (χ1v) is 15.8. The lowest BCUT2D eigenvalue weighted by molar-refractivity contribution is -0.133. The SMILES string of the molecule is CNS(=O)(=O)c1ccc(/C=C2\C(C)=C(CC(=O)NOCc3ccc(B4OC(C)(C)C(C)(C)O4)cc3)c3cc(F)ccc32)cc1. The van der Waals surface area contributed by atoms with E-state index in [1.807, 2.05) is 65.0 Å². The molecule has 3 aromatic carbocycles. The summed E-state index contributed by atoms with van der Waals surface area (Å²) in [6.07, 6.45) is 1.89. The van der Waals surface area contributed by atoms with Crippen LogP contribution in [0.2, 0.25) is 0 Å². The van der Waals surface area contributed by atoms with Gasteiger partial charge in [0.1, 0.15) is 5.82 Å². The van der Waals surface area contributed by atoms with Crippen LogP contribution >= 0.6 is 0 Å². The van der Waals surface area contributed by atoms with E-state index in [2.05, 4.69) is 10.2 Å². The number of nitrogens with one attached hydrogen (secondary N) is 2. The molecule has 0 unspecified atom stereocenters. The molecular weight excluding hydrogens is 582 g/mol. The van der Waals surface area contributed by atoms with Gasteiger partial charge in [0.25, 0.3) is 0 Å². The second-order valence-corrected chi connectivity index (χ2v) is 13.8. The van der Waals surface area contributed by atoms with Gasteiger partial charge >= 0.3 is 7.12 Å². The third-order valence-electron chi connectivity index (χ3n) is 8.49. The number of carbonyl (C=O) groups excluding carboxylic acids is 1. The lowest BCUT2D eigenvalue weighted by Crippen LogP contribution is -2.41. The first-order valence-electron chi connectivity index (χ1n) is 14.3. The third kappa shape index (κ3) is 6.43. The van der Waals surface area contributed by atoms with Crippen molar-refractivity contribution in [3.05, 3.63) is 100 Å². The summed E-state index contributed by atoms with van der Waals surface area (Å²) in [5.74, 6) is -0.774. The summed E-state index contributed by atoms with van der Waals surface area (Å²) < 4.78 is 53.0. The van der Waals surface area contributed by atoms with Crippen molar-refractivity contribution in [2.45, 2.75) is 63.7 Å². The van der Waals surface area contributed by atoms with Crippen LogP contribution in [0.3, 0.4) is 0 Å². The van der Waals surface area contributed by atoms with Gasteiger partial charge in [0, 0.05) is 0 Å². The van der Waals surface area contributed by atoms with Crippen molar-refractivity contribution in [2.24, 2.45) is 0 Å². The molecular formula is C33H36BFN2O6S. The van der Waals surface area contributed by atoms with Crippen molar-refractivity contribution >= 4 is 45.7 Å². The molecule has 2 N–H and O–H groups in total. The van der Waals surface area contributed by atoms with Gasteiger partial charge in [0.05, 0.1) is 29.1 Å². The normalized spacial score (nSPS) is 18.2. The number of fused-ring (bicyclic) bond motifs is 1. The van der Waals surface area contributed by atoms with Gasteiger partial charge in [-0.15, -0.1) is 0 Å². The molecule has 5 rings (SSSR count). The van der Waals surface area contributed by atoms with Crippen LogP contribution in [-0.4, -0.2) is 39.7 Å². The maximum atomic E-state index is 14.3. The highest BCUT2D eigenvalue weighted by molar-refractivity contribution is 7.89. The van der Waals surface area contributed by atoms with E-state index in [0.29, 0.717) is 11.1 Å². The van der Waals surface area contributed by atoms with Crippen molar-refractivity contribution in [3.63, 3.8) is 0 Å². The van der Waals surface area contributed by atoms with E-state index in [1.54, 1.807) is 18.2 Å². The predicted octanol–water partition coefficient (Wildman–Crippen LogP) is 5.00. The maximum Gasteiger partial charge on any atom is 0.494 e. The van der Waals surface area contributed by atoms with Gasteiger partial charge in [0.15, 0.2) is 0 Å². The summed E-state index contributed by atoms with van der Waals surface area (Å²) in [5.41, 5.74) is 7.94. The molecule has 44 heavy (non-hydrogen) atoms. The Hall–Kier alpha value is -3.61. The molecule has 0 bridgehead atoms. The Balaban J connectivity index is 1.25. The van der Waals surface area contributed by atoms with Crippen molar-refractivity contribution in [1.82, 2.24) is 10.2 Å². The van der Waals surface area contributed by atoms with Crippen LogP contribution in [0.5, 0.6) is 0 Å². The largest absolute Gasteiger partial charge is 0.494 e. The molecule has 11 heteroatoms. The molecule has 8 nitrogen and oxygen atoms in total. The molecule has 1 aliphatic carbocycles. The lowest BCUT2D eigenvalue weighted by Gasteiger charge is -2.32. The van der Waals surface area contributed by atoms with E-state index in [9.17, 15) is 17.6 Å². The van der Waals surface area contributed by atoms with Crippen LogP contribution < -0.4 is 15.7 Å². The zero-order chi connectivity index (χ0) is 31.9. The van der Waals surface area contributed by atoms with Crippen LogP contribution in [0.15, 0.2) is 77.2 Å². The summed E-state index contributed by atoms with van der Waals surface area (Å²) >= 11 is 0. The molecule has 0 aromatic heterocycles. The van der Waals surface area contributed by atoms with Crippen LogP contribution in [0, 0.1) is 5.82 Å². The van der Waals surface area contributed by atoms with E-state index in [-0.39, 0.29) is 23.8 Å². The average molecular weight is 619 g/mol. The molecule has 2 aliphatic rings.